The van der Waals surface area contributed by atoms with Crippen molar-refractivity contribution in [2.75, 3.05) is 7.11 Å². The molecular formula is C22H17F2N3O3. The smallest absolute Gasteiger partial charge is 0.337 e. The van der Waals surface area contributed by atoms with Gasteiger partial charge >= 0.3 is 5.97 Å². The summed E-state index contributed by atoms with van der Waals surface area (Å²) in [6.07, 6.45) is 2.94. The number of carbonyl (C=O) groups is 2. The number of halogens is 2. The van der Waals surface area contributed by atoms with Crippen molar-refractivity contribution < 1.29 is 23.1 Å². The third-order valence-corrected chi connectivity index (χ3v) is 4.17. The third-order valence-electron chi connectivity index (χ3n) is 4.17. The maximum Gasteiger partial charge on any atom is 0.337 e. The lowest BCUT2D eigenvalue weighted by Crippen LogP contribution is -2.05. The predicted octanol–water partition coefficient (Wildman–Crippen LogP) is 4.02. The van der Waals surface area contributed by atoms with Crippen LogP contribution in [0.25, 0.3) is 5.65 Å². The van der Waals surface area contributed by atoms with Crippen molar-refractivity contribution in [1.82, 2.24) is 14.6 Å². The van der Waals surface area contributed by atoms with Gasteiger partial charge in [-0.05, 0) is 43.3 Å². The van der Waals surface area contributed by atoms with E-state index >= 15 is 0 Å². The molecule has 0 fully saturated rings. The third kappa shape index (κ3) is 4.72. The van der Waals surface area contributed by atoms with E-state index in [9.17, 15) is 18.4 Å². The molecule has 0 spiro atoms. The monoisotopic (exact) mass is 409 g/mol. The minimum atomic E-state index is -0.881. The van der Waals surface area contributed by atoms with Crippen molar-refractivity contribution >= 4 is 17.4 Å². The van der Waals surface area contributed by atoms with Crippen LogP contribution >= 0.6 is 0 Å². The Morgan fingerprint density at radius 2 is 1.80 bits per heavy atom. The molecule has 4 rings (SSSR count). The zero-order chi connectivity index (χ0) is 21.7. The van der Waals surface area contributed by atoms with Crippen LogP contribution in [0, 0.1) is 18.6 Å². The van der Waals surface area contributed by atoms with Crippen molar-refractivity contribution in [2.45, 2.75) is 6.92 Å². The predicted molar refractivity (Wildman–Crippen MR) is 105 cm³/mol. The zero-order valence-corrected chi connectivity index (χ0v) is 16.2. The molecule has 0 aliphatic carbocycles. The molecule has 0 amide bonds. The van der Waals surface area contributed by atoms with E-state index in [4.69, 9.17) is 0 Å². The first-order valence-corrected chi connectivity index (χ1v) is 8.83. The van der Waals surface area contributed by atoms with E-state index in [1.165, 1.54) is 25.7 Å². The summed E-state index contributed by atoms with van der Waals surface area (Å²) < 4.78 is 32.5. The van der Waals surface area contributed by atoms with Gasteiger partial charge in [0.05, 0.1) is 18.2 Å². The van der Waals surface area contributed by atoms with E-state index in [0.29, 0.717) is 17.3 Å². The summed E-state index contributed by atoms with van der Waals surface area (Å²) in [6.45, 7) is 1.94. The maximum atomic E-state index is 13.5. The molecule has 2 heterocycles. The summed E-state index contributed by atoms with van der Waals surface area (Å²) >= 11 is 0. The number of fused-ring (bicyclic) bond motifs is 1. The van der Waals surface area contributed by atoms with Gasteiger partial charge in [0.2, 0.25) is 0 Å². The number of nitrogens with zero attached hydrogens (tertiary/aromatic N) is 3. The van der Waals surface area contributed by atoms with E-state index in [-0.39, 0.29) is 17.1 Å². The molecule has 0 aliphatic heterocycles. The van der Waals surface area contributed by atoms with E-state index < -0.39 is 17.4 Å². The number of hydrogen-bond acceptors (Lipinski definition) is 5. The van der Waals surface area contributed by atoms with Crippen molar-refractivity contribution in [3.05, 3.63) is 101 Å². The quantitative estimate of drug-likeness (QED) is 0.377. The van der Waals surface area contributed by atoms with E-state index in [1.54, 1.807) is 22.6 Å². The number of aromatic nitrogens is 3. The lowest BCUT2D eigenvalue weighted by Gasteiger charge is -2.03. The Labute approximate surface area is 170 Å². The van der Waals surface area contributed by atoms with Crippen molar-refractivity contribution in [2.24, 2.45) is 0 Å². The Morgan fingerprint density at radius 1 is 1.00 bits per heavy atom. The summed E-state index contributed by atoms with van der Waals surface area (Å²) in [6, 6.07) is 13.3. The lowest BCUT2D eigenvalue weighted by molar-refractivity contribution is 0.0600. The standard InChI is InChI=1S/C13H7F2N3O.C9H10O2/c14-9-2-3-10(11(15)5-9)13(19)8-1-4-12-17-16-7-18(12)6-8;1-7-4-3-5-8(6-7)9(10)11-2/h1-7H;3-6H,1-2H3. The summed E-state index contributed by atoms with van der Waals surface area (Å²) in [7, 11) is 1.38. The molecule has 6 nitrogen and oxygen atoms in total. The highest BCUT2D eigenvalue weighted by Gasteiger charge is 2.15. The molecule has 30 heavy (non-hydrogen) atoms. The molecule has 0 atom stereocenters. The molecule has 8 heteroatoms. The molecule has 0 aliphatic rings. The van der Waals surface area contributed by atoms with Crippen LogP contribution in [0.3, 0.4) is 0 Å². The van der Waals surface area contributed by atoms with Crippen LogP contribution in [-0.2, 0) is 4.74 Å². The molecule has 152 valence electrons. The number of ether oxygens (including phenoxy) is 1. The second kappa shape index (κ2) is 9.04. The molecule has 0 saturated carbocycles. The number of hydrogen-bond donors (Lipinski definition) is 0. The van der Waals surface area contributed by atoms with E-state index in [2.05, 4.69) is 14.9 Å². The average molecular weight is 409 g/mol. The van der Waals surface area contributed by atoms with E-state index in [0.717, 1.165) is 17.7 Å². The molecule has 0 saturated heterocycles. The molecule has 0 unspecified atom stereocenters. The van der Waals surface area contributed by atoms with Crippen LogP contribution < -0.4 is 0 Å². The Balaban J connectivity index is 0.000000199. The average Bonchev–Trinajstić information content (AvgIpc) is 3.21. The summed E-state index contributed by atoms with van der Waals surface area (Å²) in [5, 5.41) is 7.48. The normalized spacial score (nSPS) is 10.3. The van der Waals surface area contributed by atoms with Crippen LogP contribution in [0.1, 0.15) is 31.8 Å². The Morgan fingerprint density at radius 3 is 2.50 bits per heavy atom. The minimum Gasteiger partial charge on any atom is -0.465 e. The van der Waals surface area contributed by atoms with Crippen molar-refractivity contribution in [3.8, 4) is 0 Å². The number of methoxy groups -OCH3 is 1. The van der Waals surface area contributed by atoms with Crippen molar-refractivity contribution in [3.63, 3.8) is 0 Å². The van der Waals surface area contributed by atoms with Gasteiger partial charge in [-0.15, -0.1) is 10.2 Å². The fraction of sp³-hybridized carbons (Fsp3) is 0.0909. The second-order valence-electron chi connectivity index (χ2n) is 6.33. The number of rotatable bonds is 3. The van der Waals surface area contributed by atoms with Gasteiger partial charge < -0.3 is 4.74 Å². The van der Waals surface area contributed by atoms with Crippen molar-refractivity contribution in [1.29, 1.82) is 0 Å². The number of esters is 1. The topological polar surface area (TPSA) is 73.6 Å². The van der Waals surface area contributed by atoms with Crippen LogP contribution in [0.5, 0.6) is 0 Å². The Bertz CT molecular complexity index is 1220. The highest BCUT2D eigenvalue weighted by atomic mass is 19.1. The molecule has 0 radical (unpaired) electrons. The zero-order valence-electron chi connectivity index (χ0n) is 16.2. The van der Waals surface area contributed by atoms with Crippen LogP contribution in [-0.4, -0.2) is 33.5 Å². The Hall–Kier alpha value is -3.94. The molecule has 4 aromatic rings. The molecule has 2 aromatic heterocycles. The van der Waals surface area contributed by atoms with Gasteiger partial charge in [-0.25, -0.2) is 13.6 Å². The van der Waals surface area contributed by atoms with Gasteiger partial charge in [0.25, 0.3) is 0 Å². The molecule has 2 aromatic carbocycles. The first-order chi connectivity index (χ1) is 14.4. The fourth-order valence-corrected chi connectivity index (χ4v) is 2.68. The lowest BCUT2D eigenvalue weighted by atomic mass is 10.0. The van der Waals surface area contributed by atoms with Gasteiger partial charge in [-0.2, -0.15) is 0 Å². The van der Waals surface area contributed by atoms with E-state index in [1.807, 2.05) is 19.1 Å². The first kappa shape index (κ1) is 20.8. The van der Waals surface area contributed by atoms with Gasteiger partial charge in [-0.1, -0.05) is 17.7 Å². The first-order valence-electron chi connectivity index (χ1n) is 8.83. The van der Waals surface area contributed by atoms with Crippen LogP contribution in [0.15, 0.2) is 67.1 Å². The Kier molecular flexibility index (Phi) is 6.26. The number of ketones is 1. The maximum absolute atomic E-state index is 13.5. The number of pyridine rings is 1. The fourth-order valence-electron chi connectivity index (χ4n) is 2.68. The largest absolute Gasteiger partial charge is 0.465 e. The van der Waals surface area contributed by atoms with Gasteiger partial charge in [0.15, 0.2) is 11.4 Å². The highest BCUT2D eigenvalue weighted by molar-refractivity contribution is 6.09. The van der Waals surface area contributed by atoms with Gasteiger partial charge in [-0.3, -0.25) is 9.20 Å². The number of carbonyl (C=O) groups excluding carboxylic acids is 2. The minimum absolute atomic E-state index is 0.172. The van der Waals surface area contributed by atoms with Gasteiger partial charge in [0.1, 0.15) is 18.0 Å². The number of aryl methyl sites for hydroxylation is 1. The van der Waals surface area contributed by atoms with Crippen LogP contribution in [0.4, 0.5) is 8.78 Å². The SMILES string of the molecule is COC(=O)c1cccc(C)c1.O=C(c1ccc2nncn2c1)c1ccc(F)cc1F. The van der Waals surface area contributed by atoms with Gasteiger partial charge in [0, 0.05) is 17.8 Å². The molecule has 0 N–H and O–H groups in total. The highest BCUT2D eigenvalue weighted by Crippen LogP contribution is 2.15. The number of benzene rings is 2. The second-order valence-corrected chi connectivity index (χ2v) is 6.33. The summed E-state index contributed by atoms with van der Waals surface area (Å²) in [5.41, 5.74) is 2.35. The molecular weight excluding hydrogens is 392 g/mol. The molecule has 0 bridgehead atoms. The van der Waals surface area contributed by atoms with Crippen LogP contribution in [0.2, 0.25) is 0 Å². The summed E-state index contributed by atoms with van der Waals surface area (Å²) in [5.74, 6) is -2.40. The summed E-state index contributed by atoms with van der Waals surface area (Å²) in [4.78, 5) is 23.1.